The second-order valence-electron chi connectivity index (χ2n) is 3.72. The third-order valence-electron chi connectivity index (χ3n) is 2.54. The number of amides is 1. The van der Waals surface area contributed by atoms with E-state index in [1.165, 1.54) is 0 Å². The van der Waals surface area contributed by atoms with Gasteiger partial charge < -0.3 is 9.73 Å². The Labute approximate surface area is 105 Å². The van der Waals surface area contributed by atoms with E-state index in [4.69, 9.17) is 12.3 Å². The van der Waals surface area contributed by atoms with Crippen molar-refractivity contribution in [3.8, 4) is 11.1 Å². The monoisotopic (exact) mass is 245 g/mol. The molecule has 2 aromatic heterocycles. The molecule has 0 bridgehead atoms. The molecule has 2 radical (unpaired) electrons. The molecule has 0 aliphatic heterocycles. The van der Waals surface area contributed by atoms with E-state index in [0.717, 1.165) is 23.3 Å². The third kappa shape index (κ3) is 2.80. The van der Waals surface area contributed by atoms with Crippen molar-refractivity contribution in [1.29, 1.82) is 0 Å². The van der Waals surface area contributed by atoms with Gasteiger partial charge in [-0.25, -0.2) is 0 Å². The van der Waals surface area contributed by atoms with Gasteiger partial charge in [0, 0.05) is 5.56 Å². The summed E-state index contributed by atoms with van der Waals surface area (Å²) in [6.45, 7) is 1.97. The highest BCUT2D eigenvalue weighted by Crippen LogP contribution is 2.27. The number of thiophene rings is 1. The minimum absolute atomic E-state index is 0.167. The predicted molar refractivity (Wildman–Crippen MR) is 69.3 cm³/mol. The molecule has 1 atom stereocenters. The SMILES string of the molecule is [B]C(=O)NC(CC)c1cc(-c2ccsc2)co1. The van der Waals surface area contributed by atoms with Crippen LogP contribution < -0.4 is 5.32 Å². The number of carbonyl (C=O) groups excluding carboxylic acids is 1. The maximum absolute atomic E-state index is 10.8. The van der Waals surface area contributed by atoms with Crippen molar-refractivity contribution < 1.29 is 9.21 Å². The van der Waals surface area contributed by atoms with Crippen LogP contribution in [0, 0.1) is 0 Å². The zero-order valence-electron chi connectivity index (χ0n) is 9.47. The molecule has 1 unspecified atom stereocenters. The molecule has 0 aliphatic carbocycles. The number of furan rings is 1. The Morgan fingerprint density at radius 3 is 3.00 bits per heavy atom. The van der Waals surface area contributed by atoms with Crippen LogP contribution in [-0.4, -0.2) is 13.7 Å². The van der Waals surface area contributed by atoms with Gasteiger partial charge in [-0.3, -0.25) is 4.79 Å². The standard InChI is InChI=1S/C12H12BNO2S/c1-2-10(14-12(13)15)11-5-9(6-16-11)8-3-4-17-7-8/h3-7,10H,2H2,1H3,(H,14,15). The Hall–Kier alpha value is -1.49. The molecule has 2 rings (SSSR count). The fourth-order valence-corrected chi connectivity index (χ4v) is 2.33. The average molecular weight is 245 g/mol. The maximum Gasteiger partial charge on any atom is 0.200 e. The van der Waals surface area contributed by atoms with Crippen molar-refractivity contribution in [2.24, 2.45) is 0 Å². The first-order chi connectivity index (χ1) is 8.20. The van der Waals surface area contributed by atoms with Gasteiger partial charge in [0.2, 0.25) is 7.85 Å². The van der Waals surface area contributed by atoms with Crippen LogP contribution in [0.3, 0.4) is 0 Å². The largest absolute Gasteiger partial charge is 0.466 e. The van der Waals surface area contributed by atoms with Gasteiger partial charge in [-0.05, 0) is 34.9 Å². The predicted octanol–water partition coefficient (Wildman–Crippen LogP) is 3.34. The molecule has 0 spiro atoms. The van der Waals surface area contributed by atoms with Crippen LogP contribution in [0.15, 0.2) is 33.6 Å². The summed E-state index contributed by atoms with van der Waals surface area (Å²) in [5, 5.41) is 6.72. The van der Waals surface area contributed by atoms with Crippen LogP contribution in [0.5, 0.6) is 0 Å². The summed E-state index contributed by atoms with van der Waals surface area (Å²) in [4.78, 5) is 10.8. The van der Waals surface area contributed by atoms with Crippen molar-refractivity contribution in [2.75, 3.05) is 0 Å². The fourth-order valence-electron chi connectivity index (χ4n) is 1.66. The highest BCUT2D eigenvalue weighted by molar-refractivity contribution is 7.08. The molecular formula is C12H12BNO2S. The van der Waals surface area contributed by atoms with E-state index in [1.54, 1.807) is 17.6 Å². The average Bonchev–Trinajstić information content (AvgIpc) is 2.95. The lowest BCUT2D eigenvalue weighted by Gasteiger charge is -2.12. The summed E-state index contributed by atoms with van der Waals surface area (Å²) in [6.07, 6.45) is 2.43. The first-order valence-electron chi connectivity index (χ1n) is 5.37. The molecule has 1 amide bonds. The minimum atomic E-state index is -0.537. The van der Waals surface area contributed by atoms with Gasteiger partial charge >= 0.3 is 0 Å². The van der Waals surface area contributed by atoms with Crippen molar-refractivity contribution in [3.63, 3.8) is 0 Å². The second kappa shape index (κ2) is 5.23. The second-order valence-corrected chi connectivity index (χ2v) is 4.50. The maximum atomic E-state index is 10.8. The molecule has 5 heteroatoms. The van der Waals surface area contributed by atoms with Crippen molar-refractivity contribution in [1.82, 2.24) is 5.32 Å². The highest BCUT2D eigenvalue weighted by atomic mass is 32.1. The summed E-state index contributed by atoms with van der Waals surface area (Å²) in [5.74, 6) is 0.192. The van der Waals surface area contributed by atoms with E-state index < -0.39 is 5.81 Å². The van der Waals surface area contributed by atoms with Crippen LogP contribution in [-0.2, 0) is 0 Å². The topological polar surface area (TPSA) is 42.2 Å². The smallest absolute Gasteiger partial charge is 0.200 e. The Balaban J connectivity index is 2.19. The molecule has 0 saturated carbocycles. The van der Waals surface area contributed by atoms with Crippen LogP contribution in [0.4, 0.5) is 4.79 Å². The van der Waals surface area contributed by atoms with Crippen molar-refractivity contribution >= 4 is 25.0 Å². The van der Waals surface area contributed by atoms with Gasteiger partial charge in [0.05, 0.1) is 12.3 Å². The van der Waals surface area contributed by atoms with Crippen molar-refractivity contribution in [2.45, 2.75) is 19.4 Å². The van der Waals surface area contributed by atoms with Gasteiger partial charge in [0.1, 0.15) is 5.76 Å². The van der Waals surface area contributed by atoms with Crippen LogP contribution >= 0.6 is 11.3 Å². The van der Waals surface area contributed by atoms with Gasteiger partial charge in [-0.15, -0.1) is 0 Å². The molecule has 0 fully saturated rings. The Bertz CT molecular complexity index is 492. The van der Waals surface area contributed by atoms with E-state index in [9.17, 15) is 4.79 Å². The Kier molecular flexibility index (Phi) is 3.69. The zero-order valence-corrected chi connectivity index (χ0v) is 10.3. The zero-order chi connectivity index (χ0) is 12.3. The van der Waals surface area contributed by atoms with Crippen molar-refractivity contribution in [3.05, 3.63) is 34.9 Å². The number of carbonyl (C=O) groups is 1. The summed E-state index contributed by atoms with van der Waals surface area (Å²) in [6, 6.07) is 3.80. The molecule has 2 aromatic rings. The molecule has 1 N–H and O–H groups in total. The molecule has 0 aromatic carbocycles. The van der Waals surface area contributed by atoms with Crippen LogP contribution in [0.2, 0.25) is 0 Å². The van der Waals surface area contributed by atoms with Gasteiger partial charge in [0.25, 0.3) is 0 Å². The molecule has 86 valence electrons. The molecule has 0 aliphatic rings. The number of nitrogens with one attached hydrogen (secondary N) is 1. The lowest BCUT2D eigenvalue weighted by molar-refractivity contribution is 0.254. The number of hydrogen-bond acceptors (Lipinski definition) is 3. The van der Waals surface area contributed by atoms with E-state index in [2.05, 4.69) is 10.7 Å². The van der Waals surface area contributed by atoms with Crippen LogP contribution in [0.25, 0.3) is 11.1 Å². The van der Waals surface area contributed by atoms with E-state index in [1.807, 2.05) is 24.4 Å². The highest BCUT2D eigenvalue weighted by Gasteiger charge is 2.15. The minimum Gasteiger partial charge on any atom is -0.466 e. The Morgan fingerprint density at radius 1 is 1.59 bits per heavy atom. The van der Waals surface area contributed by atoms with E-state index >= 15 is 0 Å². The summed E-state index contributed by atoms with van der Waals surface area (Å²) < 4.78 is 5.48. The third-order valence-corrected chi connectivity index (χ3v) is 3.23. The van der Waals surface area contributed by atoms with E-state index in [0.29, 0.717) is 0 Å². The summed E-state index contributed by atoms with van der Waals surface area (Å²) >= 11 is 1.64. The summed E-state index contributed by atoms with van der Waals surface area (Å²) in [7, 11) is 5.12. The number of hydrogen-bond donors (Lipinski definition) is 1. The quantitative estimate of drug-likeness (QED) is 0.839. The molecule has 2 heterocycles. The van der Waals surface area contributed by atoms with Gasteiger partial charge in [0.15, 0.2) is 5.81 Å². The van der Waals surface area contributed by atoms with Crippen LogP contribution in [0.1, 0.15) is 25.1 Å². The van der Waals surface area contributed by atoms with Gasteiger partial charge in [-0.1, -0.05) is 6.92 Å². The lowest BCUT2D eigenvalue weighted by Crippen LogP contribution is -2.26. The summed E-state index contributed by atoms with van der Waals surface area (Å²) in [5.41, 5.74) is 2.14. The van der Waals surface area contributed by atoms with Gasteiger partial charge in [-0.2, -0.15) is 11.3 Å². The Morgan fingerprint density at radius 2 is 2.41 bits per heavy atom. The fraction of sp³-hybridized carbons (Fsp3) is 0.250. The first-order valence-corrected chi connectivity index (χ1v) is 6.32. The van der Waals surface area contributed by atoms with E-state index in [-0.39, 0.29) is 6.04 Å². The molecular weight excluding hydrogens is 233 g/mol. The molecule has 17 heavy (non-hydrogen) atoms. The number of rotatable bonds is 4. The first kappa shape index (κ1) is 12.0. The normalized spacial score (nSPS) is 12.3. The molecule has 0 saturated heterocycles. The lowest BCUT2D eigenvalue weighted by atomic mass is 10.1. The molecule has 3 nitrogen and oxygen atoms in total.